The van der Waals surface area contributed by atoms with Gasteiger partial charge in [0, 0.05) is 49.1 Å². The van der Waals surface area contributed by atoms with Crippen LogP contribution >= 0.6 is 11.6 Å². The lowest BCUT2D eigenvalue weighted by molar-refractivity contribution is -0.139. The Morgan fingerprint density at radius 1 is 0.953 bits per heavy atom. The first-order valence-electron chi connectivity index (χ1n) is 21.8. The molecule has 336 valence electrons. The summed E-state index contributed by atoms with van der Waals surface area (Å²) >= 11 is 6.53. The van der Waals surface area contributed by atoms with E-state index in [4.69, 9.17) is 16.3 Å². The number of aromatic nitrogens is 2. The number of amides is 4. The third kappa shape index (κ3) is 11.0. The van der Waals surface area contributed by atoms with Gasteiger partial charge in [-0.1, -0.05) is 77.8 Å². The van der Waals surface area contributed by atoms with Gasteiger partial charge in [-0.2, -0.15) is 0 Å². The lowest BCUT2D eigenvalue weighted by atomic mass is 9.81. The van der Waals surface area contributed by atoms with Crippen molar-refractivity contribution in [1.29, 1.82) is 0 Å². The number of carbonyl (C=O) groups is 4. The molecule has 3 heterocycles. The van der Waals surface area contributed by atoms with Gasteiger partial charge in [0.2, 0.25) is 11.8 Å². The minimum atomic E-state index is -1.09. The Labute approximate surface area is 380 Å². The van der Waals surface area contributed by atoms with Gasteiger partial charge in [-0.05, 0) is 94.7 Å². The lowest BCUT2D eigenvalue weighted by Gasteiger charge is -2.45. The summed E-state index contributed by atoms with van der Waals surface area (Å²) < 4.78 is 8.49. The van der Waals surface area contributed by atoms with E-state index in [9.17, 15) is 24.3 Å². The van der Waals surface area contributed by atoms with Crippen molar-refractivity contribution in [2.75, 3.05) is 33.8 Å². The van der Waals surface area contributed by atoms with Gasteiger partial charge in [0.15, 0.2) is 5.78 Å². The highest BCUT2D eigenvalue weighted by Gasteiger charge is 2.43. The number of imidazole rings is 1. The van der Waals surface area contributed by atoms with E-state index in [1.54, 1.807) is 30.0 Å². The zero-order valence-electron chi connectivity index (χ0n) is 37.2. The summed E-state index contributed by atoms with van der Waals surface area (Å²) in [6.07, 6.45) is 3.35. The summed E-state index contributed by atoms with van der Waals surface area (Å²) in [5, 5.41) is 17.3. The second-order valence-corrected chi connectivity index (χ2v) is 18.0. The van der Waals surface area contributed by atoms with E-state index in [2.05, 4.69) is 25.1 Å². The molecule has 14 heteroatoms. The van der Waals surface area contributed by atoms with Crippen LogP contribution in [-0.2, 0) is 47.4 Å². The molecule has 2 aliphatic heterocycles. The van der Waals surface area contributed by atoms with Crippen molar-refractivity contribution in [1.82, 2.24) is 34.9 Å². The Hall–Kier alpha value is -6.02. The Morgan fingerprint density at radius 3 is 2.39 bits per heavy atom. The van der Waals surface area contributed by atoms with Crippen LogP contribution in [0.25, 0.3) is 11.3 Å². The summed E-state index contributed by atoms with van der Waals surface area (Å²) in [4.78, 5) is 67.9. The summed E-state index contributed by atoms with van der Waals surface area (Å²) in [5.74, 6) is -0.476. The molecule has 4 atom stereocenters. The van der Waals surface area contributed by atoms with E-state index >= 15 is 0 Å². The summed E-state index contributed by atoms with van der Waals surface area (Å²) in [6.45, 7) is 4.23. The van der Waals surface area contributed by atoms with Crippen molar-refractivity contribution >= 4 is 35.2 Å². The molecule has 2 aliphatic rings. The Morgan fingerprint density at radius 2 is 1.69 bits per heavy atom. The molecule has 0 radical (unpaired) electrons. The smallest absolute Gasteiger partial charge is 0.318 e. The van der Waals surface area contributed by atoms with Crippen LogP contribution in [-0.4, -0.2) is 104 Å². The highest BCUT2D eigenvalue weighted by Crippen LogP contribution is 2.33. The number of fused-ring (bicyclic) bond motifs is 2. The molecule has 2 bridgehead atoms. The van der Waals surface area contributed by atoms with Crippen LogP contribution in [0.1, 0.15) is 54.3 Å². The fraction of sp³-hybridized carbons (Fsp3) is 0.380. The second-order valence-electron chi connectivity index (χ2n) is 17.6. The third-order valence-electron chi connectivity index (χ3n) is 12.3. The number of carbonyl (C=O) groups excluding carboxylic acids is 4. The van der Waals surface area contributed by atoms with E-state index in [-0.39, 0.29) is 31.8 Å². The van der Waals surface area contributed by atoms with Gasteiger partial charge in [0.1, 0.15) is 23.4 Å². The molecule has 13 nitrogen and oxygen atoms in total. The normalized spacial score (nSPS) is 21.1. The van der Waals surface area contributed by atoms with Crippen LogP contribution in [0.2, 0.25) is 5.02 Å². The van der Waals surface area contributed by atoms with Gasteiger partial charge in [-0.3, -0.25) is 14.4 Å². The molecule has 7 rings (SSSR count). The maximum Gasteiger partial charge on any atom is 0.318 e. The molecule has 0 unspecified atom stereocenters. The standard InChI is InChI=1S/C50H58ClN7O6/c1-33-12-14-36(15-13-33)27-50-22-9-23-57(32-50)48(62)42(24-35-10-7-6-8-11-35)53-49(63)58(34(2)44(60)25-39(31-59)47(61)54-50)29-38-16-19-40(51)26-45(38)64-41-20-17-37(18-21-41)43-28-52-46(56(43)5)30-55(3)4/h6-8,10-21,26,28,34,39,42,59H,9,22-25,27,29-32H2,1-5H3,(H,53,63)(H,54,61)/t34-,39-,42-,50+/m0/s1. The van der Waals surface area contributed by atoms with Gasteiger partial charge in [-0.25, -0.2) is 9.78 Å². The summed E-state index contributed by atoms with van der Waals surface area (Å²) in [7, 11) is 5.98. The van der Waals surface area contributed by atoms with E-state index in [0.29, 0.717) is 54.4 Å². The predicted molar refractivity (Wildman–Crippen MR) is 247 cm³/mol. The number of hydrogen-bond acceptors (Lipinski definition) is 8. The number of piperidine rings is 1. The van der Waals surface area contributed by atoms with E-state index in [0.717, 1.165) is 33.8 Å². The van der Waals surface area contributed by atoms with Gasteiger partial charge in [0.05, 0.1) is 49.1 Å². The lowest BCUT2D eigenvalue weighted by Crippen LogP contribution is -2.64. The van der Waals surface area contributed by atoms with Crippen molar-refractivity contribution in [3.05, 3.63) is 136 Å². The van der Waals surface area contributed by atoms with Crippen molar-refractivity contribution < 1.29 is 29.0 Å². The number of Topliss-reactive ketones (excluding diaryl/α,β-unsaturated/α-hetero) is 1. The van der Waals surface area contributed by atoms with E-state index in [1.807, 2.05) is 113 Å². The number of halogens is 1. The number of benzene rings is 4. The van der Waals surface area contributed by atoms with Crippen molar-refractivity contribution in [2.45, 2.75) is 76.7 Å². The average Bonchev–Trinajstić information content (AvgIpc) is 3.63. The monoisotopic (exact) mass is 887 g/mol. The number of ether oxygens (including phenoxy) is 1. The number of rotatable bonds is 12. The number of hydrogen-bond donors (Lipinski definition) is 3. The van der Waals surface area contributed by atoms with Gasteiger partial charge < -0.3 is 39.7 Å². The predicted octanol–water partition coefficient (Wildman–Crippen LogP) is 6.72. The molecule has 64 heavy (non-hydrogen) atoms. The number of ketones is 1. The maximum atomic E-state index is 14.8. The van der Waals surface area contributed by atoms with Gasteiger partial charge in [0.25, 0.3) is 0 Å². The maximum absolute atomic E-state index is 14.8. The SMILES string of the molecule is Cc1ccc(C[C@]23CCCN(C2)C(=O)[C@H](Cc2ccccc2)NC(=O)N(Cc2ccc(Cl)cc2Oc2ccc(-c4cnc(CN(C)C)n4C)cc2)[C@@H](C)C(=O)C[C@@H](CO)C(=O)N3)cc1. The molecule has 1 aromatic heterocycles. The van der Waals surface area contributed by atoms with Crippen LogP contribution in [0.4, 0.5) is 4.79 Å². The largest absolute Gasteiger partial charge is 0.457 e. The molecule has 2 saturated heterocycles. The van der Waals surface area contributed by atoms with E-state index < -0.39 is 47.9 Å². The fourth-order valence-electron chi connectivity index (χ4n) is 8.69. The summed E-state index contributed by atoms with van der Waals surface area (Å²) in [5.41, 5.74) is 4.49. The number of nitrogens with one attached hydrogen (secondary N) is 2. The first-order valence-corrected chi connectivity index (χ1v) is 22.2. The average molecular weight is 889 g/mol. The molecule has 0 spiro atoms. The number of aryl methyl sites for hydroxylation is 1. The Bertz CT molecular complexity index is 2440. The molecule has 3 N–H and O–H groups in total. The van der Waals surface area contributed by atoms with Crippen LogP contribution in [0.5, 0.6) is 11.5 Å². The van der Waals surface area contributed by atoms with Crippen molar-refractivity contribution in [2.24, 2.45) is 13.0 Å². The Balaban J connectivity index is 1.20. The minimum absolute atomic E-state index is 0.112. The number of aliphatic hydroxyl groups is 1. The van der Waals surface area contributed by atoms with Crippen LogP contribution in [0.15, 0.2) is 103 Å². The van der Waals surface area contributed by atoms with E-state index in [1.165, 1.54) is 4.90 Å². The molecule has 5 aromatic rings. The van der Waals surface area contributed by atoms with Crippen LogP contribution < -0.4 is 15.4 Å². The fourth-order valence-corrected chi connectivity index (χ4v) is 8.85. The Kier molecular flexibility index (Phi) is 14.5. The van der Waals surface area contributed by atoms with Crippen molar-refractivity contribution in [3.8, 4) is 22.8 Å². The summed E-state index contributed by atoms with van der Waals surface area (Å²) in [6, 6.07) is 27.4. The number of urea groups is 1. The number of aliphatic hydroxyl groups excluding tert-OH is 1. The first kappa shape index (κ1) is 46.0. The minimum Gasteiger partial charge on any atom is -0.457 e. The zero-order chi connectivity index (χ0) is 45.5. The molecular weight excluding hydrogens is 830 g/mol. The highest BCUT2D eigenvalue weighted by atomic mass is 35.5. The highest BCUT2D eigenvalue weighted by molar-refractivity contribution is 6.30. The third-order valence-corrected chi connectivity index (χ3v) is 12.6. The topological polar surface area (TPSA) is 149 Å². The molecule has 0 saturated carbocycles. The molecule has 2 fully saturated rings. The molecule has 4 aromatic carbocycles. The number of nitrogens with zero attached hydrogens (tertiary/aromatic N) is 5. The van der Waals surface area contributed by atoms with Crippen LogP contribution in [0, 0.1) is 12.8 Å². The zero-order valence-corrected chi connectivity index (χ0v) is 38.0. The first-order chi connectivity index (χ1) is 30.7. The molecule has 4 amide bonds. The van der Waals surface area contributed by atoms with Gasteiger partial charge in [-0.15, -0.1) is 0 Å². The molecular formula is C50H58ClN7O6. The van der Waals surface area contributed by atoms with Crippen molar-refractivity contribution in [3.63, 3.8) is 0 Å². The van der Waals surface area contributed by atoms with Crippen LogP contribution in [0.3, 0.4) is 0 Å². The second kappa shape index (κ2) is 20.2. The molecule has 0 aliphatic carbocycles. The quantitative estimate of drug-likeness (QED) is 0.125. The van der Waals surface area contributed by atoms with Gasteiger partial charge >= 0.3 is 6.03 Å².